The first kappa shape index (κ1) is 19.4. The van der Waals surface area contributed by atoms with Crippen LogP contribution in [0.3, 0.4) is 0 Å². The van der Waals surface area contributed by atoms with Gasteiger partial charge in [-0.1, -0.05) is 39.0 Å². The monoisotopic (exact) mass is 373 g/mol. The van der Waals surface area contributed by atoms with Crippen LogP contribution in [0.4, 0.5) is 0 Å². The van der Waals surface area contributed by atoms with Crippen LogP contribution in [0.15, 0.2) is 36.4 Å². The minimum absolute atomic E-state index is 0.0363. The maximum absolute atomic E-state index is 12.9. The van der Waals surface area contributed by atoms with Gasteiger partial charge in [0.2, 0.25) is 0 Å². The fourth-order valence-corrected chi connectivity index (χ4v) is 2.89. The molecule has 1 saturated heterocycles. The molecule has 2 aromatic rings. The molecule has 7 nitrogen and oxygen atoms in total. The summed E-state index contributed by atoms with van der Waals surface area (Å²) in [6, 6.07) is 11.0. The Morgan fingerprint density at radius 2 is 2.11 bits per heavy atom. The van der Waals surface area contributed by atoms with Crippen molar-refractivity contribution in [2.75, 3.05) is 32.9 Å². The summed E-state index contributed by atoms with van der Waals surface area (Å²) in [4.78, 5) is 14.5. The molecule has 2 N–H and O–H groups in total. The molecule has 0 bridgehead atoms. The number of aliphatic hydroxyl groups is 1. The molecule has 2 heterocycles. The molecule has 1 aromatic heterocycles. The highest BCUT2D eigenvalue weighted by Crippen LogP contribution is 2.22. The van der Waals surface area contributed by atoms with Crippen LogP contribution in [0.25, 0.3) is 0 Å². The molecule has 3 rings (SSSR count). The maximum atomic E-state index is 12.9. The Morgan fingerprint density at radius 3 is 2.78 bits per heavy atom. The predicted molar refractivity (Wildman–Crippen MR) is 101 cm³/mol. The van der Waals surface area contributed by atoms with Crippen LogP contribution in [0.2, 0.25) is 0 Å². The van der Waals surface area contributed by atoms with Gasteiger partial charge < -0.3 is 19.5 Å². The average molecular weight is 373 g/mol. The van der Waals surface area contributed by atoms with Gasteiger partial charge in [0.1, 0.15) is 23.7 Å². The number of aromatic amines is 1. The summed E-state index contributed by atoms with van der Waals surface area (Å²) >= 11 is 0. The average Bonchev–Trinajstić information content (AvgIpc) is 3.06. The Hall–Kier alpha value is -2.38. The Morgan fingerprint density at radius 1 is 1.37 bits per heavy atom. The lowest BCUT2D eigenvalue weighted by Crippen LogP contribution is -2.50. The second-order valence-corrected chi connectivity index (χ2v) is 8.02. The van der Waals surface area contributed by atoms with E-state index in [0.29, 0.717) is 24.6 Å². The van der Waals surface area contributed by atoms with Crippen molar-refractivity contribution in [2.45, 2.75) is 31.8 Å². The summed E-state index contributed by atoms with van der Waals surface area (Å²) in [6.45, 7) is 7.17. The van der Waals surface area contributed by atoms with Gasteiger partial charge in [0.15, 0.2) is 0 Å². The van der Waals surface area contributed by atoms with Gasteiger partial charge in [0.05, 0.1) is 19.8 Å². The highest BCUT2D eigenvalue weighted by Gasteiger charge is 2.36. The quantitative estimate of drug-likeness (QED) is 0.856. The predicted octanol–water partition coefficient (Wildman–Crippen LogP) is 1.99. The molecule has 1 aliphatic rings. The third-order valence-corrected chi connectivity index (χ3v) is 4.50. The van der Waals surface area contributed by atoms with E-state index in [9.17, 15) is 9.90 Å². The second-order valence-electron chi connectivity index (χ2n) is 8.02. The number of aromatic nitrogens is 2. The summed E-state index contributed by atoms with van der Waals surface area (Å²) in [7, 11) is 0. The summed E-state index contributed by atoms with van der Waals surface area (Å²) in [5, 5.41) is 18.0. The number of nitrogens with zero attached hydrogens (tertiary/aromatic N) is 2. The summed E-state index contributed by atoms with van der Waals surface area (Å²) in [6.07, 6.45) is 0. The fraction of sp³-hybridized carbons (Fsp3) is 0.500. The summed E-state index contributed by atoms with van der Waals surface area (Å²) in [5.41, 5.74) is -0.184. The number of para-hydroxylation sites is 1. The van der Waals surface area contributed by atoms with Crippen LogP contribution >= 0.6 is 0 Å². The van der Waals surface area contributed by atoms with Crippen molar-refractivity contribution >= 4 is 5.91 Å². The molecule has 0 radical (unpaired) electrons. The first-order valence-corrected chi connectivity index (χ1v) is 9.10. The molecule has 1 amide bonds. The molecule has 27 heavy (non-hydrogen) atoms. The van der Waals surface area contributed by atoms with Crippen molar-refractivity contribution in [1.82, 2.24) is 15.1 Å². The SMILES string of the molecule is CC(C)(C)c1cc(C(=O)N2CCOC[C@@](O)(COc3ccccc3)C2)n[nH]1. The first-order valence-electron chi connectivity index (χ1n) is 9.10. The van der Waals surface area contributed by atoms with Crippen LogP contribution < -0.4 is 4.74 Å². The maximum Gasteiger partial charge on any atom is 0.274 e. The Labute approximate surface area is 159 Å². The lowest BCUT2D eigenvalue weighted by molar-refractivity contribution is -0.0621. The van der Waals surface area contributed by atoms with Crippen molar-refractivity contribution in [2.24, 2.45) is 0 Å². The molecular weight excluding hydrogens is 346 g/mol. The minimum atomic E-state index is -1.29. The standard InChI is InChI=1S/C20H27N3O4/c1-19(2,3)17-11-16(21-22-17)18(24)23-9-10-26-13-20(25,12-23)14-27-15-7-5-4-6-8-15/h4-8,11,25H,9-10,12-14H2,1-3H3,(H,21,22)/t20-/m1/s1. The van der Waals surface area contributed by atoms with Crippen LogP contribution in [-0.4, -0.2) is 64.6 Å². The molecule has 0 unspecified atom stereocenters. The van der Waals surface area contributed by atoms with E-state index in [1.165, 1.54) is 0 Å². The summed E-state index contributed by atoms with van der Waals surface area (Å²) < 4.78 is 11.2. The largest absolute Gasteiger partial charge is 0.490 e. The van der Waals surface area contributed by atoms with Gasteiger partial charge in [-0.05, 0) is 18.2 Å². The Balaban J connectivity index is 1.69. The van der Waals surface area contributed by atoms with Gasteiger partial charge in [0, 0.05) is 17.7 Å². The van der Waals surface area contributed by atoms with Gasteiger partial charge >= 0.3 is 0 Å². The lowest BCUT2D eigenvalue weighted by atomic mass is 9.92. The fourth-order valence-electron chi connectivity index (χ4n) is 2.89. The molecule has 1 aliphatic heterocycles. The number of carbonyl (C=O) groups excluding carboxylic acids is 1. The smallest absolute Gasteiger partial charge is 0.274 e. The third-order valence-electron chi connectivity index (χ3n) is 4.50. The molecule has 0 aliphatic carbocycles. The zero-order chi connectivity index (χ0) is 19.5. The van der Waals surface area contributed by atoms with Crippen molar-refractivity contribution in [3.8, 4) is 5.75 Å². The van der Waals surface area contributed by atoms with Crippen molar-refractivity contribution < 1.29 is 19.4 Å². The van der Waals surface area contributed by atoms with Crippen LogP contribution in [-0.2, 0) is 10.2 Å². The zero-order valence-electron chi connectivity index (χ0n) is 16.1. The number of benzene rings is 1. The van der Waals surface area contributed by atoms with Crippen molar-refractivity contribution in [1.29, 1.82) is 0 Å². The summed E-state index contributed by atoms with van der Waals surface area (Å²) in [5.74, 6) is 0.431. The number of amides is 1. The first-order chi connectivity index (χ1) is 12.8. The minimum Gasteiger partial charge on any atom is -0.490 e. The molecular formula is C20H27N3O4. The molecule has 7 heteroatoms. The van der Waals surface area contributed by atoms with Crippen molar-refractivity contribution in [3.05, 3.63) is 47.8 Å². The van der Waals surface area contributed by atoms with E-state index in [1.54, 1.807) is 11.0 Å². The van der Waals surface area contributed by atoms with E-state index >= 15 is 0 Å². The van der Waals surface area contributed by atoms with Gasteiger partial charge in [-0.15, -0.1) is 0 Å². The zero-order valence-corrected chi connectivity index (χ0v) is 16.1. The van der Waals surface area contributed by atoms with E-state index in [-0.39, 0.29) is 31.1 Å². The van der Waals surface area contributed by atoms with Gasteiger partial charge in [-0.2, -0.15) is 5.10 Å². The highest BCUT2D eigenvalue weighted by atomic mass is 16.5. The van der Waals surface area contributed by atoms with E-state index < -0.39 is 5.60 Å². The van der Waals surface area contributed by atoms with Crippen molar-refractivity contribution in [3.63, 3.8) is 0 Å². The number of β-amino-alcohol motifs (C(OH)–C–C–N with tert-alkyl or cyclic N) is 1. The number of H-pyrrole nitrogens is 1. The second kappa shape index (κ2) is 7.70. The van der Waals surface area contributed by atoms with Gasteiger partial charge in [-0.3, -0.25) is 9.89 Å². The van der Waals surface area contributed by atoms with E-state index in [1.807, 2.05) is 51.1 Å². The Kier molecular flexibility index (Phi) is 5.53. The van der Waals surface area contributed by atoms with Gasteiger partial charge in [0.25, 0.3) is 5.91 Å². The Bertz CT molecular complexity index is 769. The topological polar surface area (TPSA) is 87.7 Å². The van der Waals surface area contributed by atoms with Crippen LogP contribution in [0.1, 0.15) is 37.0 Å². The number of hydrogen-bond acceptors (Lipinski definition) is 5. The van der Waals surface area contributed by atoms with Crippen LogP contribution in [0.5, 0.6) is 5.75 Å². The number of nitrogens with one attached hydrogen (secondary N) is 1. The third kappa shape index (κ3) is 4.87. The number of rotatable bonds is 4. The molecule has 1 atom stereocenters. The van der Waals surface area contributed by atoms with E-state index in [4.69, 9.17) is 9.47 Å². The molecule has 1 aromatic carbocycles. The highest BCUT2D eigenvalue weighted by molar-refractivity contribution is 5.92. The van der Waals surface area contributed by atoms with E-state index in [0.717, 1.165) is 5.69 Å². The lowest BCUT2D eigenvalue weighted by Gasteiger charge is -2.30. The normalized spacial score (nSPS) is 21.0. The van der Waals surface area contributed by atoms with Gasteiger partial charge in [-0.25, -0.2) is 0 Å². The number of hydrogen-bond donors (Lipinski definition) is 2. The number of ether oxygens (including phenoxy) is 2. The van der Waals surface area contributed by atoms with E-state index in [2.05, 4.69) is 10.2 Å². The molecule has 1 fully saturated rings. The van der Waals surface area contributed by atoms with Crippen LogP contribution in [0, 0.1) is 0 Å². The number of carbonyl (C=O) groups is 1. The molecule has 0 saturated carbocycles. The molecule has 0 spiro atoms. The molecule has 146 valence electrons.